The number of hydrogen-bond donors (Lipinski definition) is 0. The molecule has 3 atom stereocenters. The first-order valence-corrected chi connectivity index (χ1v) is 10.9. The molecule has 0 radical (unpaired) electrons. The molecule has 1 saturated heterocycles. The minimum Gasteiger partial charge on any atom is -0.435 e. The fourth-order valence-electron chi connectivity index (χ4n) is 5.19. The molecule has 4 rings (SSSR count). The summed E-state index contributed by atoms with van der Waals surface area (Å²) in [5.74, 6) is 0.328. The maximum Gasteiger partial charge on any atom is 0.387 e. The van der Waals surface area contributed by atoms with Crippen LogP contribution in [0.3, 0.4) is 0 Å². The largest absolute Gasteiger partial charge is 0.435 e. The van der Waals surface area contributed by atoms with Crippen LogP contribution < -0.4 is 4.74 Å². The van der Waals surface area contributed by atoms with Gasteiger partial charge < -0.3 is 9.47 Å². The van der Waals surface area contributed by atoms with Crippen LogP contribution in [0.1, 0.15) is 37.8 Å². The van der Waals surface area contributed by atoms with Crippen LogP contribution in [0.25, 0.3) is 6.08 Å². The molecule has 1 aliphatic heterocycles. The fourth-order valence-corrected chi connectivity index (χ4v) is 6.93. The molecule has 3 aliphatic rings. The van der Waals surface area contributed by atoms with Crippen LogP contribution in [0, 0.1) is 11.3 Å². The van der Waals surface area contributed by atoms with Crippen molar-refractivity contribution in [1.82, 2.24) is 4.31 Å². The summed E-state index contributed by atoms with van der Waals surface area (Å²) in [6.45, 7) is 1.93. The number of hydrogen-bond acceptors (Lipinski definition) is 4. The molecule has 0 bridgehead atoms. The van der Waals surface area contributed by atoms with E-state index in [0.29, 0.717) is 24.4 Å². The number of allylic oxidation sites excluding steroid dienone is 1. The number of ether oxygens (including phenoxy) is 2. The van der Waals surface area contributed by atoms with Gasteiger partial charge in [0.25, 0.3) is 0 Å². The van der Waals surface area contributed by atoms with Gasteiger partial charge in [-0.25, -0.2) is 8.42 Å². The highest BCUT2D eigenvalue weighted by Crippen LogP contribution is 2.55. The zero-order valence-electron chi connectivity index (χ0n) is 16.2. The minimum atomic E-state index is -3.62. The third kappa shape index (κ3) is 3.06. The van der Waals surface area contributed by atoms with Gasteiger partial charge in [-0.3, -0.25) is 0 Å². The van der Waals surface area contributed by atoms with Crippen molar-refractivity contribution in [3.8, 4) is 5.75 Å². The second kappa shape index (κ2) is 6.78. The monoisotopic (exact) mass is 413 g/mol. The molecule has 0 amide bonds. The number of rotatable bonds is 5. The normalized spacial score (nSPS) is 28.5. The number of nitrogens with zero attached hydrogens (tertiary/aromatic N) is 1. The topological polar surface area (TPSA) is 55.8 Å². The third-order valence-electron chi connectivity index (χ3n) is 6.44. The van der Waals surface area contributed by atoms with E-state index in [1.165, 1.54) is 10.4 Å². The van der Waals surface area contributed by atoms with Crippen molar-refractivity contribution >= 4 is 16.1 Å². The van der Waals surface area contributed by atoms with Gasteiger partial charge in [-0.15, -0.1) is 0 Å². The van der Waals surface area contributed by atoms with Crippen LogP contribution in [-0.4, -0.2) is 45.1 Å². The first-order chi connectivity index (χ1) is 13.1. The first kappa shape index (κ1) is 19.8. The predicted molar refractivity (Wildman–Crippen MR) is 101 cm³/mol. The Morgan fingerprint density at radius 3 is 2.75 bits per heavy atom. The van der Waals surface area contributed by atoms with Crippen molar-refractivity contribution in [3.05, 3.63) is 34.2 Å². The van der Waals surface area contributed by atoms with E-state index in [2.05, 4.69) is 18.6 Å². The Labute approximate surface area is 164 Å². The number of fused-ring (bicyclic) bond motifs is 2. The van der Waals surface area contributed by atoms with Gasteiger partial charge in [-0.1, -0.05) is 19.9 Å². The lowest BCUT2D eigenvalue weighted by Gasteiger charge is -2.57. The highest BCUT2D eigenvalue weighted by molar-refractivity contribution is 7.93. The van der Waals surface area contributed by atoms with Crippen molar-refractivity contribution < 1.29 is 26.7 Å². The van der Waals surface area contributed by atoms with Crippen LogP contribution in [-0.2, 0) is 21.2 Å². The standard InChI is InChI=1S/C20H25F2NO4S/c1-20(2)17(16-8-9-26-18(16)20)23(3)28(24,25)15-7-5-12-10-14(27-19(21)22)6-4-13(12)11-15/h4,6,10-11,16-19H,5,7-9H2,1-3H3. The van der Waals surface area contributed by atoms with Crippen LogP contribution in [0.2, 0.25) is 0 Å². The molecule has 8 heteroatoms. The number of halogens is 2. The van der Waals surface area contributed by atoms with Gasteiger partial charge in [-0.05, 0) is 48.6 Å². The van der Waals surface area contributed by atoms with Crippen molar-refractivity contribution in [3.63, 3.8) is 0 Å². The molecule has 2 aliphatic carbocycles. The molecule has 1 aromatic carbocycles. The Bertz CT molecular complexity index is 913. The second-order valence-corrected chi connectivity index (χ2v) is 10.4. The maximum atomic E-state index is 13.3. The van der Waals surface area contributed by atoms with Gasteiger partial charge in [0, 0.05) is 31.0 Å². The SMILES string of the molecule is CN(C1C2CCOC2C1(C)C)S(=O)(=O)C1=Cc2ccc(OC(F)F)cc2CC1. The molecule has 0 spiro atoms. The molecular weight excluding hydrogens is 388 g/mol. The summed E-state index contributed by atoms with van der Waals surface area (Å²) in [5.41, 5.74) is 1.32. The Morgan fingerprint density at radius 1 is 1.29 bits per heavy atom. The summed E-state index contributed by atoms with van der Waals surface area (Å²) < 4.78 is 63.2. The zero-order chi connectivity index (χ0) is 20.3. The van der Waals surface area contributed by atoms with Gasteiger partial charge in [-0.2, -0.15) is 13.1 Å². The summed E-state index contributed by atoms with van der Waals surface area (Å²) in [7, 11) is -1.96. The molecule has 0 aromatic heterocycles. The van der Waals surface area contributed by atoms with E-state index in [4.69, 9.17) is 4.74 Å². The fraction of sp³-hybridized carbons (Fsp3) is 0.600. The van der Waals surface area contributed by atoms with Crippen LogP contribution in [0.15, 0.2) is 23.1 Å². The van der Waals surface area contributed by atoms with Gasteiger partial charge in [0.05, 0.1) is 11.0 Å². The number of benzene rings is 1. The quantitative estimate of drug-likeness (QED) is 0.740. The Hall–Kier alpha value is -1.51. The highest BCUT2D eigenvalue weighted by Gasteiger charge is 2.62. The molecule has 2 fully saturated rings. The van der Waals surface area contributed by atoms with Crippen molar-refractivity contribution in [2.45, 2.75) is 51.9 Å². The molecule has 154 valence electrons. The van der Waals surface area contributed by atoms with Gasteiger partial charge in [0.1, 0.15) is 5.75 Å². The van der Waals surface area contributed by atoms with Crippen molar-refractivity contribution in [1.29, 1.82) is 0 Å². The lowest BCUT2D eigenvalue weighted by Crippen LogP contribution is -2.66. The van der Waals surface area contributed by atoms with Gasteiger partial charge in [0.2, 0.25) is 10.0 Å². The lowest BCUT2D eigenvalue weighted by molar-refractivity contribution is -0.131. The molecular formula is C20H25F2NO4S. The van der Waals surface area contributed by atoms with Gasteiger partial charge in [0.15, 0.2) is 0 Å². The second-order valence-electron chi connectivity index (χ2n) is 8.38. The average molecular weight is 413 g/mol. The third-order valence-corrected chi connectivity index (χ3v) is 8.41. The van der Waals surface area contributed by atoms with E-state index in [0.717, 1.165) is 17.5 Å². The Balaban J connectivity index is 1.59. The van der Waals surface area contributed by atoms with E-state index in [9.17, 15) is 17.2 Å². The average Bonchev–Trinajstić information content (AvgIpc) is 3.07. The molecule has 1 aromatic rings. The summed E-state index contributed by atoms with van der Waals surface area (Å²) in [6, 6.07) is 4.54. The number of aryl methyl sites for hydroxylation is 1. The number of alkyl halides is 2. The summed E-state index contributed by atoms with van der Waals surface area (Å²) in [6.07, 6.45) is 3.47. The molecule has 28 heavy (non-hydrogen) atoms. The predicted octanol–water partition coefficient (Wildman–Crippen LogP) is 3.65. The van der Waals surface area contributed by atoms with Crippen molar-refractivity contribution in [2.75, 3.05) is 13.7 Å². The lowest BCUT2D eigenvalue weighted by atomic mass is 9.57. The first-order valence-electron chi connectivity index (χ1n) is 9.50. The highest BCUT2D eigenvalue weighted by atomic mass is 32.2. The molecule has 0 N–H and O–H groups in total. The summed E-state index contributed by atoms with van der Waals surface area (Å²) >= 11 is 0. The summed E-state index contributed by atoms with van der Waals surface area (Å²) in [5, 5.41) is 0. The zero-order valence-corrected chi connectivity index (χ0v) is 17.0. The molecule has 3 unspecified atom stereocenters. The van der Waals surface area contributed by atoms with E-state index >= 15 is 0 Å². The van der Waals surface area contributed by atoms with Gasteiger partial charge >= 0.3 is 6.61 Å². The van der Waals surface area contributed by atoms with Crippen molar-refractivity contribution in [2.24, 2.45) is 11.3 Å². The Morgan fingerprint density at radius 2 is 2.04 bits per heavy atom. The van der Waals surface area contributed by atoms with Crippen LogP contribution >= 0.6 is 0 Å². The summed E-state index contributed by atoms with van der Waals surface area (Å²) in [4.78, 5) is 0.364. The van der Waals surface area contributed by atoms with E-state index in [1.54, 1.807) is 25.3 Å². The van der Waals surface area contributed by atoms with E-state index in [1.807, 2.05) is 0 Å². The smallest absolute Gasteiger partial charge is 0.387 e. The van der Waals surface area contributed by atoms with E-state index < -0.39 is 16.6 Å². The van der Waals surface area contributed by atoms with Crippen LogP contribution in [0.5, 0.6) is 5.75 Å². The number of sulfonamides is 1. The Kier molecular flexibility index (Phi) is 4.79. The van der Waals surface area contributed by atoms with Crippen LogP contribution in [0.4, 0.5) is 8.78 Å². The maximum absolute atomic E-state index is 13.3. The molecule has 1 saturated carbocycles. The molecule has 5 nitrogen and oxygen atoms in total. The minimum absolute atomic E-state index is 0.0888. The molecule has 1 heterocycles. The van der Waals surface area contributed by atoms with E-state index in [-0.39, 0.29) is 29.2 Å².